The quantitative estimate of drug-likeness (QED) is 0.184. The van der Waals surface area contributed by atoms with Crippen molar-refractivity contribution in [1.82, 2.24) is 4.98 Å². The molecule has 8 heteroatoms. The molecule has 0 radical (unpaired) electrons. The van der Waals surface area contributed by atoms with Gasteiger partial charge in [0.1, 0.15) is 10.6 Å². The first-order chi connectivity index (χ1) is 18.7. The number of anilines is 1. The summed E-state index contributed by atoms with van der Waals surface area (Å²) in [5, 5.41) is 5.97. The number of aromatic nitrogens is 1. The third kappa shape index (κ3) is 5.69. The molecule has 5 rings (SSSR count). The molecule has 0 fully saturated rings. The standard InChI is InChI=1S/C31H24Br2N2O3S/c1-17(2)18-4-6-20(7-5-18)27-15-24(23-14-22(33)12-13-26(23)34-27)29(36)35-30-28(31(37)38-3)25(16-39-30)19-8-10-21(32)11-9-19/h4-17H,1-3H3,(H,35,36). The van der Waals surface area contributed by atoms with E-state index >= 15 is 0 Å². The molecule has 1 amide bonds. The van der Waals surface area contributed by atoms with E-state index < -0.39 is 5.97 Å². The fourth-order valence-corrected chi connectivity index (χ4v) is 5.92. The average Bonchev–Trinajstić information content (AvgIpc) is 3.35. The molecule has 0 unspecified atom stereocenters. The van der Waals surface area contributed by atoms with Crippen LogP contribution in [0.3, 0.4) is 0 Å². The summed E-state index contributed by atoms with van der Waals surface area (Å²) in [6.07, 6.45) is 0. The predicted octanol–water partition coefficient (Wildman–Crippen LogP) is 9.32. The zero-order valence-electron chi connectivity index (χ0n) is 21.4. The van der Waals surface area contributed by atoms with E-state index in [1.807, 2.05) is 60.0 Å². The van der Waals surface area contributed by atoms with E-state index in [2.05, 4.69) is 63.2 Å². The highest BCUT2D eigenvalue weighted by Gasteiger charge is 2.24. The molecule has 0 saturated heterocycles. The number of rotatable bonds is 6. The van der Waals surface area contributed by atoms with Gasteiger partial charge in [-0.25, -0.2) is 9.78 Å². The molecule has 2 heterocycles. The Hall–Kier alpha value is -3.33. The van der Waals surface area contributed by atoms with Gasteiger partial charge in [-0.3, -0.25) is 4.79 Å². The van der Waals surface area contributed by atoms with Crippen LogP contribution in [0.4, 0.5) is 5.00 Å². The molecule has 196 valence electrons. The zero-order valence-corrected chi connectivity index (χ0v) is 25.4. The van der Waals surface area contributed by atoms with Gasteiger partial charge in [-0.2, -0.15) is 0 Å². The van der Waals surface area contributed by atoms with Crippen molar-refractivity contribution in [2.45, 2.75) is 19.8 Å². The smallest absolute Gasteiger partial charge is 0.341 e. The van der Waals surface area contributed by atoms with Crippen LogP contribution in [0.1, 0.15) is 46.0 Å². The SMILES string of the molecule is COC(=O)c1c(-c2ccc(Br)cc2)csc1NC(=O)c1cc(-c2ccc(C(C)C)cc2)nc2ccc(Br)cc12. The molecule has 2 aromatic heterocycles. The molecule has 0 atom stereocenters. The van der Waals surface area contributed by atoms with Gasteiger partial charge in [0.25, 0.3) is 5.91 Å². The topological polar surface area (TPSA) is 68.3 Å². The lowest BCUT2D eigenvalue weighted by molar-refractivity contribution is 0.0603. The summed E-state index contributed by atoms with van der Waals surface area (Å²) in [5.74, 6) is -0.438. The molecular weight excluding hydrogens is 640 g/mol. The van der Waals surface area contributed by atoms with Crippen molar-refractivity contribution in [1.29, 1.82) is 0 Å². The molecule has 0 aliphatic heterocycles. The number of amides is 1. The minimum atomic E-state index is -0.516. The number of pyridine rings is 1. The molecule has 3 aromatic carbocycles. The van der Waals surface area contributed by atoms with Crippen molar-refractivity contribution in [3.63, 3.8) is 0 Å². The Morgan fingerprint density at radius 3 is 2.23 bits per heavy atom. The lowest BCUT2D eigenvalue weighted by atomic mass is 9.99. The van der Waals surface area contributed by atoms with Gasteiger partial charge >= 0.3 is 5.97 Å². The van der Waals surface area contributed by atoms with Crippen molar-refractivity contribution < 1.29 is 14.3 Å². The van der Waals surface area contributed by atoms with E-state index in [0.717, 1.165) is 20.1 Å². The molecule has 5 nitrogen and oxygen atoms in total. The molecule has 0 aliphatic rings. The van der Waals surface area contributed by atoms with Crippen molar-refractivity contribution in [3.05, 3.63) is 104 Å². The van der Waals surface area contributed by atoms with Gasteiger partial charge in [-0.05, 0) is 53.4 Å². The van der Waals surface area contributed by atoms with Gasteiger partial charge in [0.05, 0.1) is 23.9 Å². The number of thiophene rings is 1. The second-order valence-electron chi connectivity index (χ2n) is 9.30. The number of methoxy groups -OCH3 is 1. The number of fused-ring (bicyclic) bond motifs is 1. The number of benzene rings is 3. The number of esters is 1. The van der Waals surface area contributed by atoms with Crippen LogP contribution in [0.5, 0.6) is 0 Å². The molecule has 5 aromatic rings. The number of nitrogens with zero attached hydrogens (tertiary/aromatic N) is 1. The van der Waals surface area contributed by atoms with E-state index in [1.165, 1.54) is 24.0 Å². The maximum Gasteiger partial charge on any atom is 0.341 e. The number of hydrogen-bond donors (Lipinski definition) is 1. The van der Waals surface area contributed by atoms with Crippen molar-refractivity contribution >= 4 is 71.0 Å². The van der Waals surface area contributed by atoms with Crippen molar-refractivity contribution in [3.8, 4) is 22.4 Å². The maximum atomic E-state index is 13.8. The summed E-state index contributed by atoms with van der Waals surface area (Å²) >= 11 is 8.25. The highest BCUT2D eigenvalue weighted by molar-refractivity contribution is 9.10. The van der Waals surface area contributed by atoms with Crippen LogP contribution in [-0.4, -0.2) is 24.0 Å². The van der Waals surface area contributed by atoms with Crippen LogP contribution >= 0.6 is 43.2 Å². The van der Waals surface area contributed by atoms with Gasteiger partial charge < -0.3 is 10.1 Å². The van der Waals surface area contributed by atoms with E-state index in [-0.39, 0.29) is 5.91 Å². The maximum absolute atomic E-state index is 13.8. The van der Waals surface area contributed by atoms with Crippen LogP contribution in [0.25, 0.3) is 33.3 Å². The second-order valence-corrected chi connectivity index (χ2v) is 12.0. The largest absolute Gasteiger partial charge is 0.465 e. The number of nitrogens with one attached hydrogen (secondary N) is 1. The third-order valence-electron chi connectivity index (χ3n) is 6.45. The fourth-order valence-electron chi connectivity index (χ4n) is 4.34. The van der Waals surface area contributed by atoms with Gasteiger partial charge in [-0.1, -0.05) is 82.1 Å². The Kier molecular flexibility index (Phi) is 7.98. The van der Waals surface area contributed by atoms with E-state index in [1.54, 1.807) is 6.07 Å². The van der Waals surface area contributed by atoms with Crippen LogP contribution in [0.15, 0.2) is 87.1 Å². The summed E-state index contributed by atoms with van der Waals surface area (Å²) in [6, 6.07) is 23.3. The number of halogens is 2. The monoisotopic (exact) mass is 662 g/mol. The van der Waals surface area contributed by atoms with Gasteiger partial charge in [0.2, 0.25) is 0 Å². The van der Waals surface area contributed by atoms with Crippen LogP contribution in [0.2, 0.25) is 0 Å². The van der Waals surface area contributed by atoms with E-state index in [0.29, 0.717) is 44.2 Å². The second kappa shape index (κ2) is 11.4. The molecule has 0 saturated carbocycles. The predicted molar refractivity (Wildman–Crippen MR) is 166 cm³/mol. The third-order valence-corrected chi connectivity index (χ3v) is 8.37. The molecule has 0 bridgehead atoms. The number of hydrogen-bond acceptors (Lipinski definition) is 5. The first-order valence-electron chi connectivity index (χ1n) is 12.2. The minimum Gasteiger partial charge on any atom is -0.465 e. The zero-order chi connectivity index (χ0) is 27.7. The summed E-state index contributed by atoms with van der Waals surface area (Å²) in [6.45, 7) is 4.30. The van der Waals surface area contributed by atoms with E-state index in [9.17, 15) is 9.59 Å². The summed E-state index contributed by atoms with van der Waals surface area (Å²) in [4.78, 5) is 31.5. The Bertz CT molecular complexity index is 1690. The Labute approximate surface area is 247 Å². The van der Waals surface area contributed by atoms with Crippen molar-refractivity contribution in [2.75, 3.05) is 12.4 Å². The number of ether oxygens (including phenoxy) is 1. The lowest BCUT2D eigenvalue weighted by Gasteiger charge is -2.12. The van der Waals surface area contributed by atoms with Gasteiger partial charge in [0.15, 0.2) is 0 Å². The van der Waals surface area contributed by atoms with Crippen LogP contribution < -0.4 is 5.32 Å². The fraction of sp³-hybridized carbons (Fsp3) is 0.129. The first kappa shape index (κ1) is 27.2. The summed E-state index contributed by atoms with van der Waals surface area (Å²) < 4.78 is 6.86. The van der Waals surface area contributed by atoms with Gasteiger partial charge in [-0.15, -0.1) is 11.3 Å². The van der Waals surface area contributed by atoms with Gasteiger partial charge in [0, 0.05) is 30.8 Å². The minimum absolute atomic E-state index is 0.321. The first-order valence-corrected chi connectivity index (χ1v) is 14.7. The Morgan fingerprint density at radius 1 is 0.897 bits per heavy atom. The van der Waals surface area contributed by atoms with Crippen LogP contribution in [-0.2, 0) is 4.74 Å². The lowest BCUT2D eigenvalue weighted by Crippen LogP contribution is -2.15. The highest BCUT2D eigenvalue weighted by atomic mass is 79.9. The van der Waals surface area contributed by atoms with E-state index in [4.69, 9.17) is 9.72 Å². The molecular formula is C31H24Br2N2O3S. The van der Waals surface area contributed by atoms with Crippen LogP contribution in [0, 0.1) is 0 Å². The van der Waals surface area contributed by atoms with Crippen molar-refractivity contribution in [2.24, 2.45) is 0 Å². The Balaban J connectivity index is 1.58. The summed E-state index contributed by atoms with van der Waals surface area (Å²) in [7, 11) is 1.34. The average molecular weight is 664 g/mol. The summed E-state index contributed by atoms with van der Waals surface area (Å²) in [5.41, 5.74) is 5.87. The number of carbonyl (C=O) groups excluding carboxylic acids is 2. The number of carbonyl (C=O) groups is 2. The highest BCUT2D eigenvalue weighted by Crippen LogP contribution is 2.37. The molecule has 1 N–H and O–H groups in total. The Morgan fingerprint density at radius 2 is 1.56 bits per heavy atom. The molecule has 0 aliphatic carbocycles. The normalized spacial score (nSPS) is 11.1. The molecule has 39 heavy (non-hydrogen) atoms. The molecule has 0 spiro atoms.